The molecule has 4 rings (SSSR count). The molecule has 0 fully saturated rings. The van der Waals surface area contributed by atoms with Crippen LogP contribution in [0.1, 0.15) is 39.7 Å². The summed E-state index contributed by atoms with van der Waals surface area (Å²) in [5.74, 6) is 1.64. The molecule has 29 heavy (non-hydrogen) atoms. The van der Waals surface area contributed by atoms with Crippen LogP contribution in [0, 0.1) is 13.8 Å². The quantitative estimate of drug-likeness (QED) is 0.694. The first-order valence-corrected chi connectivity index (χ1v) is 11.0. The van der Waals surface area contributed by atoms with Crippen molar-refractivity contribution in [3.63, 3.8) is 0 Å². The van der Waals surface area contributed by atoms with E-state index in [0.29, 0.717) is 35.2 Å². The van der Waals surface area contributed by atoms with E-state index in [1.54, 1.807) is 22.9 Å². The lowest BCUT2D eigenvalue weighted by molar-refractivity contribution is 0.102. The van der Waals surface area contributed by atoms with Gasteiger partial charge in [0.2, 0.25) is 0 Å². The van der Waals surface area contributed by atoms with Crippen LogP contribution in [-0.4, -0.2) is 26.5 Å². The number of anilines is 1. The highest BCUT2D eigenvalue weighted by atomic mass is 32.2. The number of hydrogen-bond acceptors (Lipinski definition) is 4. The average molecular weight is 410 g/mol. The van der Waals surface area contributed by atoms with Crippen molar-refractivity contribution in [1.82, 2.24) is 9.78 Å². The van der Waals surface area contributed by atoms with Crippen LogP contribution in [0.5, 0.6) is 5.75 Å². The van der Waals surface area contributed by atoms with Crippen LogP contribution >= 0.6 is 0 Å². The van der Waals surface area contributed by atoms with Crippen molar-refractivity contribution in [3.05, 3.63) is 70.4 Å². The number of nitrogens with zero attached hydrogens (tertiary/aromatic N) is 2. The highest BCUT2D eigenvalue weighted by molar-refractivity contribution is 7.83. The van der Waals surface area contributed by atoms with E-state index >= 15 is 0 Å². The van der Waals surface area contributed by atoms with Crippen molar-refractivity contribution in [2.45, 2.75) is 32.3 Å². The van der Waals surface area contributed by atoms with Crippen LogP contribution in [0.2, 0.25) is 0 Å². The number of nitrogens with one attached hydrogen (secondary N) is 1. The smallest absolute Gasteiger partial charge is 0.260 e. The summed E-state index contributed by atoms with van der Waals surface area (Å²) in [5, 5.41) is 7.72. The molecule has 0 bridgehead atoms. The zero-order valence-electron chi connectivity index (χ0n) is 16.7. The van der Waals surface area contributed by atoms with Crippen molar-refractivity contribution in [2.24, 2.45) is 0 Å². The largest absolute Gasteiger partial charge is 0.493 e. The van der Waals surface area contributed by atoms with E-state index in [4.69, 9.17) is 9.84 Å². The number of hydrogen-bond donors (Lipinski definition) is 1. The number of ether oxygens (including phenoxy) is 1. The van der Waals surface area contributed by atoms with Gasteiger partial charge in [-0.25, -0.2) is 4.68 Å². The standard InChI is InChI=1S/C22H23N3O3S/c1-4-28-20-11-6-5-9-16(20)22(26)23-21-17-12-29(27)13-18(17)24-25(21)19-10-7-8-14(2)15(19)3/h5-11H,4,12-13H2,1-3H3,(H,23,26)/t29-/m1/s1. The van der Waals surface area contributed by atoms with Gasteiger partial charge >= 0.3 is 0 Å². The summed E-state index contributed by atoms with van der Waals surface area (Å²) in [5.41, 5.74) is 5.19. The van der Waals surface area contributed by atoms with Gasteiger partial charge in [-0.15, -0.1) is 0 Å². The van der Waals surface area contributed by atoms with Gasteiger partial charge in [0.15, 0.2) is 0 Å². The molecule has 1 aromatic heterocycles. The van der Waals surface area contributed by atoms with E-state index in [1.165, 1.54) is 0 Å². The summed E-state index contributed by atoms with van der Waals surface area (Å²) in [7, 11) is -0.991. The Morgan fingerprint density at radius 1 is 1.17 bits per heavy atom. The van der Waals surface area contributed by atoms with Gasteiger partial charge in [0.1, 0.15) is 11.6 Å². The fraction of sp³-hybridized carbons (Fsp3) is 0.273. The zero-order valence-corrected chi connectivity index (χ0v) is 17.5. The van der Waals surface area contributed by atoms with Gasteiger partial charge in [-0.1, -0.05) is 24.3 Å². The molecular formula is C22H23N3O3S. The predicted molar refractivity (Wildman–Crippen MR) is 114 cm³/mol. The molecule has 1 amide bonds. The number of carbonyl (C=O) groups excluding carboxylic acids is 1. The highest BCUT2D eigenvalue weighted by Crippen LogP contribution is 2.33. The van der Waals surface area contributed by atoms with E-state index in [-0.39, 0.29) is 5.91 Å². The number of aryl methyl sites for hydroxylation is 1. The maximum atomic E-state index is 13.1. The molecule has 0 spiro atoms. The summed E-state index contributed by atoms with van der Waals surface area (Å²) in [4.78, 5) is 13.1. The minimum absolute atomic E-state index is 0.277. The number of benzene rings is 2. The first-order chi connectivity index (χ1) is 14.0. The van der Waals surface area contributed by atoms with Crippen molar-refractivity contribution in [1.29, 1.82) is 0 Å². The van der Waals surface area contributed by atoms with Crippen LogP contribution in [0.4, 0.5) is 5.82 Å². The molecule has 1 N–H and O–H groups in total. The Morgan fingerprint density at radius 2 is 1.97 bits per heavy atom. The number of para-hydroxylation sites is 1. The van der Waals surface area contributed by atoms with Crippen LogP contribution in [0.25, 0.3) is 5.69 Å². The topological polar surface area (TPSA) is 73.2 Å². The van der Waals surface area contributed by atoms with Crippen molar-refractivity contribution >= 4 is 22.5 Å². The molecule has 0 saturated carbocycles. The maximum Gasteiger partial charge on any atom is 0.260 e. The SMILES string of the molecule is CCOc1ccccc1C(=O)Nc1c2c(nn1-c1cccc(C)c1C)C[S@](=O)C2. The van der Waals surface area contributed by atoms with Gasteiger partial charge in [0.25, 0.3) is 5.91 Å². The van der Waals surface area contributed by atoms with Crippen LogP contribution < -0.4 is 10.1 Å². The molecule has 0 unspecified atom stereocenters. The normalized spacial score (nSPS) is 15.2. The summed E-state index contributed by atoms with van der Waals surface area (Å²) < 4.78 is 19.5. The monoisotopic (exact) mass is 409 g/mol. The molecule has 1 aliphatic rings. The number of rotatable bonds is 5. The van der Waals surface area contributed by atoms with E-state index in [9.17, 15) is 9.00 Å². The third kappa shape index (κ3) is 3.58. The second-order valence-electron chi connectivity index (χ2n) is 7.02. The number of fused-ring (bicyclic) bond motifs is 1. The number of carbonyl (C=O) groups is 1. The molecule has 2 heterocycles. The minimum Gasteiger partial charge on any atom is -0.493 e. The van der Waals surface area contributed by atoms with Gasteiger partial charge in [-0.3, -0.25) is 9.00 Å². The van der Waals surface area contributed by atoms with Gasteiger partial charge in [0.05, 0.1) is 35.1 Å². The third-order valence-corrected chi connectivity index (χ3v) is 6.34. The molecule has 0 saturated heterocycles. The Morgan fingerprint density at radius 3 is 2.76 bits per heavy atom. The van der Waals surface area contributed by atoms with E-state index in [0.717, 1.165) is 28.1 Å². The minimum atomic E-state index is -0.991. The summed E-state index contributed by atoms with van der Waals surface area (Å²) >= 11 is 0. The molecule has 2 aromatic carbocycles. The fourth-order valence-corrected chi connectivity index (χ4v) is 4.77. The second kappa shape index (κ2) is 7.83. The lowest BCUT2D eigenvalue weighted by Gasteiger charge is -2.15. The molecule has 150 valence electrons. The Balaban J connectivity index is 1.79. The first-order valence-electron chi connectivity index (χ1n) is 9.55. The molecule has 1 atom stereocenters. The molecule has 6 nitrogen and oxygen atoms in total. The lowest BCUT2D eigenvalue weighted by atomic mass is 10.1. The fourth-order valence-electron chi connectivity index (χ4n) is 3.51. The zero-order chi connectivity index (χ0) is 20.5. The lowest BCUT2D eigenvalue weighted by Crippen LogP contribution is -2.18. The third-order valence-electron chi connectivity index (χ3n) is 5.14. The van der Waals surface area contributed by atoms with Gasteiger partial charge in [-0.2, -0.15) is 5.10 Å². The van der Waals surface area contributed by atoms with Crippen molar-refractivity contribution in [3.8, 4) is 11.4 Å². The van der Waals surface area contributed by atoms with Gasteiger partial charge in [-0.05, 0) is 50.1 Å². The van der Waals surface area contributed by atoms with E-state index in [1.807, 2.05) is 45.0 Å². The number of amides is 1. The highest BCUT2D eigenvalue weighted by Gasteiger charge is 2.29. The van der Waals surface area contributed by atoms with Crippen LogP contribution in [0.3, 0.4) is 0 Å². The predicted octanol–water partition coefficient (Wildman–Crippen LogP) is 3.90. The summed E-state index contributed by atoms with van der Waals surface area (Å²) in [6.45, 7) is 6.43. The molecule has 3 aromatic rings. The van der Waals surface area contributed by atoms with Crippen LogP contribution in [0.15, 0.2) is 42.5 Å². The number of aromatic nitrogens is 2. The Hall–Kier alpha value is -2.93. The average Bonchev–Trinajstić information content (AvgIpc) is 3.21. The van der Waals surface area contributed by atoms with E-state index in [2.05, 4.69) is 5.32 Å². The Bertz CT molecular complexity index is 1120. The van der Waals surface area contributed by atoms with Gasteiger partial charge in [0, 0.05) is 16.4 Å². The van der Waals surface area contributed by atoms with Crippen molar-refractivity contribution in [2.75, 3.05) is 11.9 Å². The second-order valence-corrected chi connectivity index (χ2v) is 8.47. The molecule has 7 heteroatoms. The molecule has 0 radical (unpaired) electrons. The molecule has 1 aliphatic heterocycles. The Labute approximate surface area is 172 Å². The van der Waals surface area contributed by atoms with Crippen LogP contribution in [-0.2, 0) is 22.3 Å². The summed E-state index contributed by atoms with van der Waals surface area (Å²) in [6.07, 6.45) is 0. The maximum absolute atomic E-state index is 13.1. The van der Waals surface area contributed by atoms with Gasteiger partial charge < -0.3 is 10.1 Å². The van der Waals surface area contributed by atoms with Crippen molar-refractivity contribution < 1.29 is 13.7 Å². The molecular weight excluding hydrogens is 386 g/mol. The molecule has 0 aliphatic carbocycles. The summed E-state index contributed by atoms with van der Waals surface area (Å²) in [6, 6.07) is 13.1. The van der Waals surface area contributed by atoms with E-state index < -0.39 is 10.8 Å². The Kier molecular flexibility index (Phi) is 5.24. The first kappa shape index (κ1) is 19.4.